The molecular formula is C23H40IN5. The second kappa shape index (κ2) is 12.7. The van der Waals surface area contributed by atoms with E-state index in [1.54, 1.807) is 0 Å². The van der Waals surface area contributed by atoms with Gasteiger partial charge < -0.3 is 10.6 Å². The van der Waals surface area contributed by atoms with Gasteiger partial charge in [-0.05, 0) is 68.9 Å². The Bertz CT molecular complexity index is 604. The molecule has 0 spiro atoms. The molecule has 6 heteroatoms. The second-order valence-electron chi connectivity index (χ2n) is 8.66. The zero-order valence-electron chi connectivity index (χ0n) is 18.5. The molecule has 1 aromatic carbocycles. The van der Waals surface area contributed by atoms with Gasteiger partial charge in [-0.25, -0.2) is 0 Å². The van der Waals surface area contributed by atoms with Crippen LogP contribution in [0.4, 0.5) is 0 Å². The van der Waals surface area contributed by atoms with E-state index in [9.17, 15) is 0 Å². The summed E-state index contributed by atoms with van der Waals surface area (Å²) in [6, 6.07) is 9.60. The Balaban J connectivity index is 0.00000300. The summed E-state index contributed by atoms with van der Waals surface area (Å²) in [5.41, 5.74) is 2.71. The average Bonchev–Trinajstić information content (AvgIpc) is 3.40. The number of halogens is 1. The maximum atomic E-state index is 4.42. The molecule has 0 aromatic heterocycles. The highest BCUT2D eigenvalue weighted by Crippen LogP contribution is 2.17. The lowest BCUT2D eigenvalue weighted by atomic mass is 10.0. The van der Waals surface area contributed by atoms with Gasteiger partial charge in [-0.15, -0.1) is 24.0 Å². The van der Waals surface area contributed by atoms with E-state index in [1.165, 1.54) is 63.0 Å². The van der Waals surface area contributed by atoms with Crippen LogP contribution in [0.3, 0.4) is 0 Å². The van der Waals surface area contributed by atoms with Gasteiger partial charge in [0.2, 0.25) is 0 Å². The number of rotatable bonds is 8. The molecular weight excluding hydrogens is 473 g/mol. The van der Waals surface area contributed by atoms with E-state index in [1.807, 2.05) is 7.05 Å². The lowest BCUT2D eigenvalue weighted by Gasteiger charge is -2.31. The van der Waals surface area contributed by atoms with Crippen LogP contribution in [0, 0.1) is 5.92 Å². The molecule has 164 valence electrons. The first-order valence-electron chi connectivity index (χ1n) is 11.1. The van der Waals surface area contributed by atoms with E-state index >= 15 is 0 Å². The molecule has 0 bridgehead atoms. The number of guanidine groups is 1. The molecule has 0 saturated carbocycles. The number of nitrogens with zero attached hydrogens (tertiary/aromatic N) is 3. The van der Waals surface area contributed by atoms with Crippen molar-refractivity contribution in [2.45, 2.75) is 58.7 Å². The summed E-state index contributed by atoms with van der Waals surface area (Å²) in [7, 11) is 1.86. The third kappa shape index (κ3) is 7.72. The van der Waals surface area contributed by atoms with Crippen LogP contribution in [0.25, 0.3) is 0 Å². The normalized spacial score (nSPS) is 19.4. The van der Waals surface area contributed by atoms with E-state index in [2.05, 4.69) is 63.5 Å². The van der Waals surface area contributed by atoms with Crippen LogP contribution in [-0.2, 0) is 13.1 Å². The summed E-state index contributed by atoms with van der Waals surface area (Å²) in [5.74, 6) is 1.54. The SMILES string of the molecule is CN=C(NCc1ccc(CN2CCCC2)cc1)NCC(C(C)C)N1CCCC1.I. The van der Waals surface area contributed by atoms with Crippen molar-refractivity contribution < 1.29 is 0 Å². The van der Waals surface area contributed by atoms with Gasteiger partial charge in [0.1, 0.15) is 0 Å². The summed E-state index contributed by atoms with van der Waals surface area (Å²) in [6.45, 7) is 12.5. The minimum Gasteiger partial charge on any atom is -0.355 e. The lowest BCUT2D eigenvalue weighted by molar-refractivity contribution is 0.192. The van der Waals surface area contributed by atoms with Crippen molar-refractivity contribution in [2.24, 2.45) is 10.9 Å². The first-order chi connectivity index (χ1) is 13.7. The molecule has 0 radical (unpaired) electrons. The molecule has 1 atom stereocenters. The standard InChI is InChI=1S/C23H39N5.HI/c1-19(2)22(28-14-6-7-15-28)17-26-23(24-3)25-16-20-8-10-21(11-9-20)18-27-12-4-5-13-27;/h8-11,19,22H,4-7,12-18H2,1-3H3,(H2,24,25,26);1H. The van der Waals surface area contributed by atoms with Gasteiger partial charge in [0.05, 0.1) is 0 Å². The highest BCUT2D eigenvalue weighted by Gasteiger charge is 2.24. The molecule has 2 aliphatic rings. The van der Waals surface area contributed by atoms with E-state index in [0.29, 0.717) is 12.0 Å². The molecule has 29 heavy (non-hydrogen) atoms. The number of aliphatic imine (C=N–C) groups is 1. The lowest BCUT2D eigenvalue weighted by Crippen LogP contribution is -2.48. The van der Waals surface area contributed by atoms with E-state index in [0.717, 1.165) is 25.6 Å². The van der Waals surface area contributed by atoms with Gasteiger partial charge in [-0.3, -0.25) is 14.8 Å². The van der Waals surface area contributed by atoms with Crippen molar-refractivity contribution in [1.29, 1.82) is 0 Å². The first-order valence-corrected chi connectivity index (χ1v) is 11.1. The van der Waals surface area contributed by atoms with Crippen LogP contribution in [0.1, 0.15) is 50.7 Å². The van der Waals surface area contributed by atoms with Crippen molar-refractivity contribution in [3.63, 3.8) is 0 Å². The van der Waals surface area contributed by atoms with E-state index < -0.39 is 0 Å². The molecule has 5 nitrogen and oxygen atoms in total. The van der Waals surface area contributed by atoms with Gasteiger partial charge in [0.15, 0.2) is 5.96 Å². The minimum absolute atomic E-state index is 0. The van der Waals surface area contributed by atoms with Crippen molar-refractivity contribution in [2.75, 3.05) is 39.8 Å². The van der Waals surface area contributed by atoms with E-state index in [-0.39, 0.29) is 24.0 Å². The average molecular weight is 514 g/mol. The predicted octanol–water partition coefficient (Wildman–Crippen LogP) is 3.69. The van der Waals surface area contributed by atoms with Crippen LogP contribution in [0.2, 0.25) is 0 Å². The van der Waals surface area contributed by atoms with Crippen LogP contribution in [-0.4, -0.2) is 61.6 Å². The Labute approximate surface area is 194 Å². The molecule has 0 amide bonds. The molecule has 1 aromatic rings. The van der Waals surface area contributed by atoms with Crippen LogP contribution >= 0.6 is 24.0 Å². The molecule has 0 aliphatic carbocycles. The Morgan fingerprint density at radius 1 is 0.931 bits per heavy atom. The number of hydrogen-bond donors (Lipinski definition) is 2. The molecule has 2 fully saturated rings. The third-order valence-electron chi connectivity index (χ3n) is 6.17. The van der Waals surface area contributed by atoms with Crippen molar-refractivity contribution in [1.82, 2.24) is 20.4 Å². The summed E-state index contributed by atoms with van der Waals surface area (Å²) in [6.07, 6.45) is 5.38. The number of hydrogen-bond acceptors (Lipinski definition) is 3. The van der Waals surface area contributed by atoms with Gasteiger partial charge in [0, 0.05) is 32.7 Å². The summed E-state index contributed by atoms with van der Waals surface area (Å²) in [5, 5.41) is 7.02. The maximum absolute atomic E-state index is 4.42. The van der Waals surface area contributed by atoms with Gasteiger partial charge in [-0.2, -0.15) is 0 Å². The topological polar surface area (TPSA) is 42.9 Å². The van der Waals surface area contributed by atoms with Crippen LogP contribution in [0.15, 0.2) is 29.3 Å². The van der Waals surface area contributed by atoms with Gasteiger partial charge in [0.25, 0.3) is 0 Å². The third-order valence-corrected chi connectivity index (χ3v) is 6.17. The zero-order valence-corrected chi connectivity index (χ0v) is 20.8. The first kappa shape index (κ1) is 24.4. The fourth-order valence-electron chi connectivity index (χ4n) is 4.43. The van der Waals surface area contributed by atoms with Crippen molar-refractivity contribution in [3.05, 3.63) is 35.4 Å². The fourth-order valence-corrected chi connectivity index (χ4v) is 4.43. The number of benzene rings is 1. The number of nitrogens with one attached hydrogen (secondary N) is 2. The Morgan fingerprint density at radius 2 is 1.52 bits per heavy atom. The highest BCUT2D eigenvalue weighted by atomic mass is 127. The minimum atomic E-state index is 0. The molecule has 2 heterocycles. The zero-order chi connectivity index (χ0) is 19.8. The number of likely N-dealkylation sites (tertiary alicyclic amines) is 2. The molecule has 2 aliphatic heterocycles. The molecule has 2 N–H and O–H groups in total. The molecule has 3 rings (SSSR count). The second-order valence-corrected chi connectivity index (χ2v) is 8.66. The highest BCUT2D eigenvalue weighted by molar-refractivity contribution is 14.0. The quantitative estimate of drug-likeness (QED) is 0.316. The largest absolute Gasteiger partial charge is 0.355 e. The molecule has 1 unspecified atom stereocenters. The Morgan fingerprint density at radius 3 is 2.10 bits per heavy atom. The van der Waals surface area contributed by atoms with E-state index in [4.69, 9.17) is 0 Å². The van der Waals surface area contributed by atoms with Gasteiger partial charge in [-0.1, -0.05) is 38.1 Å². The monoisotopic (exact) mass is 513 g/mol. The smallest absolute Gasteiger partial charge is 0.191 e. The maximum Gasteiger partial charge on any atom is 0.191 e. The predicted molar refractivity (Wildman–Crippen MR) is 134 cm³/mol. The fraction of sp³-hybridized carbons (Fsp3) is 0.696. The van der Waals surface area contributed by atoms with Crippen molar-refractivity contribution >= 4 is 29.9 Å². The van der Waals surface area contributed by atoms with Crippen LogP contribution < -0.4 is 10.6 Å². The van der Waals surface area contributed by atoms with Crippen LogP contribution in [0.5, 0.6) is 0 Å². The molecule has 2 saturated heterocycles. The van der Waals surface area contributed by atoms with Crippen molar-refractivity contribution in [3.8, 4) is 0 Å². The summed E-state index contributed by atoms with van der Waals surface area (Å²) >= 11 is 0. The van der Waals surface area contributed by atoms with Gasteiger partial charge >= 0.3 is 0 Å². The summed E-state index contributed by atoms with van der Waals surface area (Å²) < 4.78 is 0. The Kier molecular flexibility index (Phi) is 10.7. The summed E-state index contributed by atoms with van der Waals surface area (Å²) in [4.78, 5) is 9.59. The Hall–Kier alpha value is -0.860.